The van der Waals surface area contributed by atoms with E-state index in [9.17, 15) is 4.57 Å². The van der Waals surface area contributed by atoms with Gasteiger partial charge in [0, 0.05) is 10.6 Å². The maximum atomic E-state index is 13.9. The van der Waals surface area contributed by atoms with Crippen molar-refractivity contribution in [3.8, 4) is 0 Å². The first kappa shape index (κ1) is 14.7. The van der Waals surface area contributed by atoms with Crippen LogP contribution < -0.4 is 10.6 Å². The highest BCUT2D eigenvalue weighted by atomic mass is 35.5. The minimum absolute atomic E-state index is 0.392. The molecule has 2 aromatic carbocycles. The molecule has 0 heterocycles. The quantitative estimate of drug-likeness (QED) is 0.748. The van der Waals surface area contributed by atoms with Gasteiger partial charge in [-0.1, -0.05) is 89.9 Å². The van der Waals surface area contributed by atoms with Crippen LogP contribution in [-0.2, 0) is 4.57 Å². The van der Waals surface area contributed by atoms with E-state index in [1.807, 2.05) is 66.7 Å². The summed E-state index contributed by atoms with van der Waals surface area (Å²) in [5.74, 6) is 0. The molecule has 3 rings (SSSR count). The Morgan fingerprint density at radius 3 is 1.67 bits per heavy atom. The van der Waals surface area contributed by atoms with Crippen molar-refractivity contribution in [3.05, 3.63) is 82.9 Å². The number of hydrogen-bond donors (Lipinski definition) is 0. The van der Waals surface area contributed by atoms with Crippen LogP contribution in [0.3, 0.4) is 0 Å². The van der Waals surface area contributed by atoms with Crippen molar-refractivity contribution in [2.45, 2.75) is 5.66 Å². The van der Waals surface area contributed by atoms with Crippen LogP contribution in [0.4, 0.5) is 0 Å². The van der Waals surface area contributed by atoms with Crippen LogP contribution in [0.2, 0.25) is 0 Å². The first-order valence-electron chi connectivity index (χ1n) is 6.58. The molecule has 0 amide bonds. The van der Waals surface area contributed by atoms with Crippen LogP contribution in [0.15, 0.2) is 82.9 Å². The second kappa shape index (κ2) is 5.85. The Labute approximate surface area is 134 Å². The van der Waals surface area contributed by atoms with Crippen LogP contribution in [-0.4, -0.2) is 5.66 Å². The second-order valence-corrected chi connectivity index (χ2v) is 8.55. The van der Waals surface area contributed by atoms with Crippen molar-refractivity contribution in [1.29, 1.82) is 0 Å². The number of hydrogen-bond acceptors (Lipinski definition) is 1. The first-order chi connectivity index (χ1) is 10.1. The van der Waals surface area contributed by atoms with Crippen LogP contribution in [0, 0.1) is 0 Å². The fourth-order valence-corrected chi connectivity index (χ4v) is 6.30. The van der Waals surface area contributed by atoms with Gasteiger partial charge in [-0.3, -0.25) is 0 Å². The standard InChI is InChI=1S/C17H13Cl2OP/c18-15-11-12-16(17(15)19)21(20,13-7-3-1-4-8-13)14-9-5-2-6-10-14/h1-12,16H. The Morgan fingerprint density at radius 1 is 0.810 bits per heavy atom. The van der Waals surface area contributed by atoms with Gasteiger partial charge < -0.3 is 4.57 Å². The predicted octanol–water partition coefficient (Wildman–Crippen LogP) is 4.63. The zero-order valence-corrected chi connectivity index (χ0v) is 13.5. The van der Waals surface area contributed by atoms with Gasteiger partial charge in [0.2, 0.25) is 0 Å². The van der Waals surface area contributed by atoms with Gasteiger partial charge >= 0.3 is 0 Å². The Balaban J connectivity index is 2.23. The van der Waals surface area contributed by atoms with E-state index in [1.165, 1.54) is 0 Å². The number of halogens is 2. The summed E-state index contributed by atoms with van der Waals surface area (Å²) < 4.78 is 13.9. The van der Waals surface area contributed by atoms with Crippen molar-refractivity contribution in [2.24, 2.45) is 0 Å². The topological polar surface area (TPSA) is 17.1 Å². The summed E-state index contributed by atoms with van der Waals surface area (Å²) >= 11 is 12.4. The summed E-state index contributed by atoms with van der Waals surface area (Å²) in [7, 11) is -2.93. The Kier molecular flexibility index (Phi) is 4.08. The van der Waals surface area contributed by atoms with E-state index in [-0.39, 0.29) is 0 Å². The zero-order valence-electron chi connectivity index (χ0n) is 11.1. The molecule has 4 heteroatoms. The maximum absolute atomic E-state index is 13.9. The van der Waals surface area contributed by atoms with Crippen LogP contribution >= 0.6 is 30.3 Å². The van der Waals surface area contributed by atoms with Gasteiger partial charge in [0.1, 0.15) is 0 Å². The van der Waals surface area contributed by atoms with Crippen molar-refractivity contribution in [1.82, 2.24) is 0 Å². The lowest BCUT2D eigenvalue weighted by atomic mass is 10.4. The Bertz CT molecular complexity index is 707. The zero-order chi connectivity index (χ0) is 14.9. The molecule has 1 aliphatic carbocycles. The maximum Gasteiger partial charge on any atom is 0.154 e. The van der Waals surface area contributed by atoms with Crippen molar-refractivity contribution >= 4 is 41.0 Å². The van der Waals surface area contributed by atoms with E-state index >= 15 is 0 Å². The summed E-state index contributed by atoms with van der Waals surface area (Å²) in [6.07, 6.45) is 3.57. The minimum Gasteiger partial charge on any atom is -0.313 e. The molecule has 1 aliphatic rings. The summed E-state index contributed by atoms with van der Waals surface area (Å²) in [5, 5.41) is 2.49. The van der Waals surface area contributed by atoms with Crippen LogP contribution in [0.1, 0.15) is 0 Å². The molecule has 0 fully saturated rings. The fraction of sp³-hybridized carbons (Fsp3) is 0.0588. The molecule has 1 nitrogen and oxygen atoms in total. The second-order valence-electron chi connectivity index (χ2n) is 4.83. The lowest BCUT2D eigenvalue weighted by Gasteiger charge is -2.25. The van der Waals surface area contributed by atoms with Gasteiger partial charge in [-0.2, -0.15) is 0 Å². The van der Waals surface area contributed by atoms with Gasteiger partial charge in [-0.05, 0) is 6.08 Å². The number of rotatable bonds is 3. The SMILES string of the molecule is O=P(c1ccccc1)(c1ccccc1)C1C=CC(Cl)=C1Cl. The van der Waals surface area contributed by atoms with E-state index in [1.54, 1.807) is 6.08 Å². The lowest BCUT2D eigenvalue weighted by Crippen LogP contribution is -2.24. The van der Waals surface area contributed by atoms with E-state index in [0.29, 0.717) is 10.1 Å². The Hall–Kier alpha value is -1.27. The third-order valence-corrected chi connectivity index (χ3v) is 7.95. The third-order valence-electron chi connectivity index (χ3n) is 3.58. The van der Waals surface area contributed by atoms with Gasteiger partial charge in [-0.15, -0.1) is 0 Å². The molecular formula is C17H13Cl2OP. The molecule has 0 radical (unpaired) electrons. The van der Waals surface area contributed by atoms with Crippen LogP contribution in [0.25, 0.3) is 0 Å². The molecule has 1 unspecified atom stereocenters. The molecule has 0 aliphatic heterocycles. The van der Waals surface area contributed by atoms with Crippen molar-refractivity contribution < 1.29 is 4.57 Å². The van der Waals surface area contributed by atoms with Gasteiger partial charge in [0.15, 0.2) is 7.14 Å². The monoisotopic (exact) mass is 334 g/mol. The minimum atomic E-state index is -2.93. The smallest absolute Gasteiger partial charge is 0.154 e. The number of allylic oxidation sites excluding steroid dienone is 4. The molecule has 106 valence electrons. The van der Waals surface area contributed by atoms with E-state index in [2.05, 4.69) is 0 Å². The first-order valence-corrected chi connectivity index (χ1v) is 9.11. The largest absolute Gasteiger partial charge is 0.313 e. The molecule has 1 atom stereocenters. The molecule has 0 bridgehead atoms. The van der Waals surface area contributed by atoms with E-state index in [0.717, 1.165) is 10.6 Å². The molecule has 2 aromatic rings. The predicted molar refractivity (Wildman–Crippen MR) is 91.4 cm³/mol. The molecule has 0 saturated heterocycles. The summed E-state index contributed by atoms with van der Waals surface area (Å²) in [5.41, 5.74) is -0.392. The number of benzene rings is 2. The highest BCUT2D eigenvalue weighted by Gasteiger charge is 2.39. The molecule has 0 spiro atoms. The molecular weight excluding hydrogens is 322 g/mol. The van der Waals surface area contributed by atoms with Crippen molar-refractivity contribution in [3.63, 3.8) is 0 Å². The van der Waals surface area contributed by atoms with E-state index in [4.69, 9.17) is 23.2 Å². The summed E-state index contributed by atoms with van der Waals surface area (Å²) in [6, 6.07) is 18.9. The van der Waals surface area contributed by atoms with Gasteiger partial charge in [0.05, 0.1) is 15.7 Å². The average molecular weight is 335 g/mol. The lowest BCUT2D eigenvalue weighted by molar-refractivity contribution is 0.585. The van der Waals surface area contributed by atoms with E-state index < -0.39 is 12.8 Å². The summed E-state index contributed by atoms with van der Waals surface area (Å²) in [6.45, 7) is 0. The molecule has 0 aromatic heterocycles. The fourth-order valence-electron chi connectivity index (χ4n) is 2.53. The molecule has 0 N–H and O–H groups in total. The van der Waals surface area contributed by atoms with Crippen LogP contribution in [0.5, 0.6) is 0 Å². The highest BCUT2D eigenvalue weighted by molar-refractivity contribution is 7.79. The third kappa shape index (κ3) is 2.51. The highest BCUT2D eigenvalue weighted by Crippen LogP contribution is 2.55. The molecule has 0 saturated carbocycles. The van der Waals surface area contributed by atoms with Crippen molar-refractivity contribution in [2.75, 3.05) is 0 Å². The van der Waals surface area contributed by atoms with Gasteiger partial charge in [0.25, 0.3) is 0 Å². The average Bonchev–Trinajstić information content (AvgIpc) is 2.88. The summed E-state index contributed by atoms with van der Waals surface area (Å²) in [4.78, 5) is 0. The normalized spacial score (nSPS) is 18.3. The Morgan fingerprint density at radius 2 is 1.29 bits per heavy atom. The van der Waals surface area contributed by atoms with Gasteiger partial charge in [-0.25, -0.2) is 0 Å². The molecule has 21 heavy (non-hydrogen) atoms.